The molecule has 2 aromatic rings. The van der Waals surface area contributed by atoms with Gasteiger partial charge in [-0.1, -0.05) is 0 Å². The molecular formula is C18H16F3N3O6S. The average molecular weight is 459 g/mol. The lowest BCUT2D eigenvalue weighted by Gasteiger charge is -2.17. The Balaban J connectivity index is 1.92. The third kappa shape index (κ3) is 6.77. The molecule has 0 aliphatic heterocycles. The van der Waals surface area contributed by atoms with Crippen LogP contribution in [0.1, 0.15) is 29.3 Å². The number of carbonyl (C=O) groups excluding carboxylic acids is 3. The Labute approximate surface area is 177 Å². The van der Waals surface area contributed by atoms with Gasteiger partial charge in [-0.3, -0.25) is 24.5 Å². The fraction of sp³-hybridized carbons (Fsp3) is 0.278. The van der Waals surface area contributed by atoms with Crippen LogP contribution in [0.3, 0.4) is 0 Å². The molecule has 0 bridgehead atoms. The van der Waals surface area contributed by atoms with Gasteiger partial charge in [-0.2, -0.15) is 24.5 Å². The number of ether oxygens (including phenoxy) is 1. The van der Waals surface area contributed by atoms with E-state index >= 15 is 0 Å². The average Bonchev–Trinajstić information content (AvgIpc) is 3.22. The van der Waals surface area contributed by atoms with Crippen molar-refractivity contribution in [3.05, 3.63) is 56.3 Å². The predicted octanol–water partition coefficient (Wildman–Crippen LogP) is 3.37. The second-order valence-corrected chi connectivity index (χ2v) is 6.90. The Bertz CT molecular complexity index is 978. The van der Waals surface area contributed by atoms with Crippen molar-refractivity contribution >= 4 is 40.5 Å². The van der Waals surface area contributed by atoms with Gasteiger partial charge >= 0.3 is 12.1 Å². The van der Waals surface area contributed by atoms with Gasteiger partial charge in [-0.25, -0.2) is 0 Å². The van der Waals surface area contributed by atoms with E-state index in [4.69, 9.17) is 4.74 Å². The highest BCUT2D eigenvalue weighted by molar-refractivity contribution is 7.08. The lowest BCUT2D eigenvalue weighted by Crippen LogP contribution is -2.32. The number of esters is 1. The van der Waals surface area contributed by atoms with Gasteiger partial charge in [0.15, 0.2) is 6.10 Å². The maximum absolute atomic E-state index is 13.2. The molecule has 2 rings (SSSR count). The molecular weight excluding hydrogens is 443 g/mol. The van der Waals surface area contributed by atoms with Gasteiger partial charge in [0.05, 0.1) is 22.6 Å². The first-order valence-electron chi connectivity index (χ1n) is 8.65. The van der Waals surface area contributed by atoms with E-state index in [2.05, 4.69) is 5.32 Å². The highest BCUT2D eigenvalue weighted by atomic mass is 32.1. The van der Waals surface area contributed by atoms with Crippen molar-refractivity contribution in [3.8, 4) is 0 Å². The van der Waals surface area contributed by atoms with Crippen LogP contribution in [0.5, 0.6) is 0 Å². The predicted molar refractivity (Wildman–Crippen MR) is 104 cm³/mol. The maximum atomic E-state index is 13.2. The van der Waals surface area contributed by atoms with Crippen molar-refractivity contribution in [2.45, 2.75) is 25.6 Å². The van der Waals surface area contributed by atoms with Crippen molar-refractivity contribution in [2.75, 3.05) is 11.9 Å². The summed E-state index contributed by atoms with van der Waals surface area (Å²) in [7, 11) is 0. The molecule has 9 nitrogen and oxygen atoms in total. The molecule has 2 N–H and O–H groups in total. The monoisotopic (exact) mass is 459 g/mol. The Morgan fingerprint density at radius 1 is 1.26 bits per heavy atom. The summed E-state index contributed by atoms with van der Waals surface area (Å²) in [5, 5.41) is 18.5. The molecule has 0 saturated heterocycles. The van der Waals surface area contributed by atoms with E-state index in [1.54, 1.807) is 16.8 Å². The summed E-state index contributed by atoms with van der Waals surface area (Å²) in [5.41, 5.74) is -2.50. The van der Waals surface area contributed by atoms with Crippen LogP contribution in [-0.2, 0) is 20.5 Å². The van der Waals surface area contributed by atoms with Crippen LogP contribution in [0.15, 0.2) is 35.0 Å². The number of hydrogen-bond acceptors (Lipinski definition) is 7. The highest BCUT2D eigenvalue weighted by Crippen LogP contribution is 2.37. The summed E-state index contributed by atoms with van der Waals surface area (Å²) in [4.78, 5) is 45.4. The summed E-state index contributed by atoms with van der Waals surface area (Å²) in [6.07, 6.45) is -6.68. The number of nitro groups is 1. The number of hydrogen-bond donors (Lipinski definition) is 2. The molecule has 13 heteroatoms. The number of carbonyl (C=O) groups is 3. The zero-order chi connectivity index (χ0) is 23.2. The normalized spacial score (nSPS) is 12.0. The van der Waals surface area contributed by atoms with Crippen LogP contribution in [-0.4, -0.2) is 35.4 Å². The van der Waals surface area contributed by atoms with E-state index in [0.717, 1.165) is 19.1 Å². The number of thiophene rings is 1. The Morgan fingerprint density at radius 3 is 2.55 bits per heavy atom. The number of halogens is 3. The minimum atomic E-state index is -4.96. The number of rotatable bonds is 8. The van der Waals surface area contributed by atoms with Gasteiger partial charge in [0.25, 0.3) is 17.5 Å². The van der Waals surface area contributed by atoms with E-state index in [1.807, 2.05) is 5.32 Å². The number of nitrogens with zero attached hydrogens (tertiary/aromatic N) is 1. The zero-order valence-corrected chi connectivity index (χ0v) is 16.7. The van der Waals surface area contributed by atoms with Crippen LogP contribution in [0.2, 0.25) is 0 Å². The largest absolute Gasteiger partial charge is 0.452 e. The van der Waals surface area contributed by atoms with Gasteiger partial charge in [0, 0.05) is 29.6 Å². The first-order chi connectivity index (χ1) is 14.5. The van der Waals surface area contributed by atoms with Crippen LogP contribution in [0, 0.1) is 10.1 Å². The number of benzene rings is 1. The number of nitro benzene ring substituents is 1. The smallest absolute Gasteiger partial charge is 0.418 e. The third-order valence-electron chi connectivity index (χ3n) is 3.85. The maximum Gasteiger partial charge on any atom is 0.418 e. The van der Waals surface area contributed by atoms with Gasteiger partial charge in [0.2, 0.25) is 0 Å². The van der Waals surface area contributed by atoms with E-state index in [-0.39, 0.29) is 13.0 Å². The minimum absolute atomic E-state index is 0.0670. The van der Waals surface area contributed by atoms with Crippen molar-refractivity contribution in [1.29, 1.82) is 0 Å². The van der Waals surface area contributed by atoms with Crippen molar-refractivity contribution in [2.24, 2.45) is 0 Å². The highest BCUT2D eigenvalue weighted by Gasteiger charge is 2.36. The molecule has 0 aliphatic carbocycles. The lowest BCUT2D eigenvalue weighted by atomic mass is 10.1. The second-order valence-electron chi connectivity index (χ2n) is 6.12. The summed E-state index contributed by atoms with van der Waals surface area (Å²) < 4.78 is 44.4. The Kier molecular flexibility index (Phi) is 7.69. The SMILES string of the molecule is CC(OC(=O)CCNC(=O)c1ccsc1)C(=O)Nc1ccc([N+](=O)[O-])cc1C(F)(F)F. The number of anilines is 1. The topological polar surface area (TPSA) is 128 Å². The summed E-state index contributed by atoms with van der Waals surface area (Å²) in [5.74, 6) is -2.30. The van der Waals surface area contributed by atoms with Crippen LogP contribution in [0.4, 0.5) is 24.5 Å². The Morgan fingerprint density at radius 2 is 1.97 bits per heavy atom. The summed E-state index contributed by atoms with van der Waals surface area (Å²) in [6.45, 7) is 1.08. The van der Waals surface area contributed by atoms with Crippen molar-refractivity contribution < 1.29 is 37.2 Å². The first-order valence-corrected chi connectivity index (χ1v) is 9.59. The van der Waals surface area contributed by atoms with E-state index in [9.17, 15) is 37.7 Å². The minimum Gasteiger partial charge on any atom is -0.452 e. The molecule has 2 amide bonds. The standard InChI is InChI=1S/C18H16F3N3O6S/c1-10(30-15(25)4-6-22-17(27)11-5-7-31-9-11)16(26)23-14-3-2-12(24(28)29)8-13(14)18(19,20)21/h2-3,5,7-10H,4,6H2,1H3,(H,22,27)(H,23,26). The van der Waals surface area contributed by atoms with Gasteiger partial charge in [-0.15, -0.1) is 0 Å². The van der Waals surface area contributed by atoms with E-state index < -0.39 is 51.9 Å². The molecule has 1 heterocycles. The number of alkyl halides is 3. The molecule has 1 unspecified atom stereocenters. The molecule has 31 heavy (non-hydrogen) atoms. The number of non-ortho nitro benzene ring substituents is 1. The number of nitrogens with one attached hydrogen (secondary N) is 2. The Hall–Kier alpha value is -3.48. The number of amides is 2. The van der Waals surface area contributed by atoms with Gasteiger partial charge < -0.3 is 15.4 Å². The second kappa shape index (κ2) is 10.0. The van der Waals surface area contributed by atoms with Crippen molar-refractivity contribution in [1.82, 2.24) is 5.32 Å². The van der Waals surface area contributed by atoms with Gasteiger partial charge in [-0.05, 0) is 24.4 Å². The molecule has 0 spiro atoms. The molecule has 1 aromatic carbocycles. The summed E-state index contributed by atoms with van der Waals surface area (Å²) >= 11 is 1.32. The molecule has 0 radical (unpaired) electrons. The molecule has 1 aromatic heterocycles. The van der Waals surface area contributed by atoms with Crippen LogP contribution in [0.25, 0.3) is 0 Å². The van der Waals surface area contributed by atoms with Crippen LogP contribution < -0.4 is 10.6 Å². The molecule has 0 fully saturated rings. The quantitative estimate of drug-likeness (QED) is 0.354. The van der Waals surface area contributed by atoms with Gasteiger partial charge in [0.1, 0.15) is 0 Å². The molecule has 0 saturated carbocycles. The van der Waals surface area contributed by atoms with Crippen molar-refractivity contribution in [3.63, 3.8) is 0 Å². The molecule has 166 valence electrons. The molecule has 1 atom stereocenters. The van der Waals surface area contributed by atoms with E-state index in [1.165, 1.54) is 11.3 Å². The first kappa shape index (κ1) is 23.8. The van der Waals surface area contributed by atoms with Crippen LogP contribution >= 0.6 is 11.3 Å². The van der Waals surface area contributed by atoms with E-state index in [0.29, 0.717) is 11.6 Å². The zero-order valence-electron chi connectivity index (χ0n) is 15.9. The lowest BCUT2D eigenvalue weighted by molar-refractivity contribution is -0.385. The third-order valence-corrected chi connectivity index (χ3v) is 4.54. The fourth-order valence-electron chi connectivity index (χ4n) is 2.31. The fourth-order valence-corrected chi connectivity index (χ4v) is 2.94. The summed E-state index contributed by atoms with van der Waals surface area (Å²) in [6, 6.07) is 3.44. The molecule has 0 aliphatic rings.